The molecule has 1 aliphatic heterocycles. The highest BCUT2D eigenvalue weighted by Crippen LogP contribution is 2.21. The van der Waals surface area contributed by atoms with Gasteiger partial charge in [-0.25, -0.2) is 0 Å². The lowest BCUT2D eigenvalue weighted by Gasteiger charge is -2.36. The SMILES string of the molecule is C=CCCCCCOc1ccc(N2CCN(CCCCCCCCCCCCCCC)CC2)cc1. The van der Waals surface area contributed by atoms with Crippen LogP contribution in [-0.4, -0.2) is 44.2 Å². The third-order valence-corrected chi connectivity index (χ3v) is 7.47. The minimum Gasteiger partial charge on any atom is -0.494 e. The summed E-state index contributed by atoms with van der Waals surface area (Å²) < 4.78 is 5.91. The number of anilines is 1. The number of hydrogen-bond donors (Lipinski definition) is 0. The van der Waals surface area contributed by atoms with Crippen LogP contribution in [0, 0.1) is 0 Å². The van der Waals surface area contributed by atoms with E-state index in [1.165, 1.54) is 122 Å². The second-order valence-corrected chi connectivity index (χ2v) is 10.6. The van der Waals surface area contributed by atoms with Crippen LogP contribution < -0.4 is 9.64 Å². The molecule has 1 fully saturated rings. The molecule has 1 aromatic carbocycles. The Morgan fingerprint density at radius 3 is 1.80 bits per heavy atom. The van der Waals surface area contributed by atoms with E-state index in [-0.39, 0.29) is 0 Å². The molecular formula is C32H56N2O. The molecule has 0 amide bonds. The highest BCUT2D eigenvalue weighted by Gasteiger charge is 2.16. The zero-order valence-corrected chi connectivity index (χ0v) is 23.2. The Balaban J connectivity index is 1.43. The fraction of sp³-hybridized carbons (Fsp3) is 0.750. The van der Waals surface area contributed by atoms with Crippen molar-refractivity contribution < 1.29 is 4.74 Å². The lowest BCUT2D eigenvalue weighted by atomic mass is 10.0. The van der Waals surface area contributed by atoms with Gasteiger partial charge in [-0.2, -0.15) is 0 Å². The van der Waals surface area contributed by atoms with Crippen molar-refractivity contribution in [3.63, 3.8) is 0 Å². The van der Waals surface area contributed by atoms with Crippen LogP contribution in [-0.2, 0) is 0 Å². The standard InChI is InChI=1S/C32H56N2O/c1-3-5-7-9-10-11-12-13-14-15-16-17-19-25-33-26-28-34(29-27-33)31-21-23-32(24-22-31)35-30-20-18-8-6-4-2/h4,21-24H,2-3,5-20,25-30H2,1H3. The van der Waals surface area contributed by atoms with E-state index in [1.807, 2.05) is 6.08 Å². The summed E-state index contributed by atoms with van der Waals surface area (Å²) in [6.45, 7) is 12.8. The summed E-state index contributed by atoms with van der Waals surface area (Å²) in [4.78, 5) is 5.19. The number of rotatable bonds is 22. The fourth-order valence-corrected chi connectivity index (χ4v) is 5.09. The number of hydrogen-bond acceptors (Lipinski definition) is 3. The fourth-order valence-electron chi connectivity index (χ4n) is 5.09. The summed E-state index contributed by atoms with van der Waals surface area (Å²) in [7, 11) is 0. The van der Waals surface area contributed by atoms with Gasteiger partial charge in [0.1, 0.15) is 5.75 Å². The monoisotopic (exact) mass is 484 g/mol. The zero-order valence-electron chi connectivity index (χ0n) is 23.2. The van der Waals surface area contributed by atoms with E-state index in [2.05, 4.69) is 47.6 Å². The molecule has 1 saturated heterocycles. The van der Waals surface area contributed by atoms with E-state index >= 15 is 0 Å². The van der Waals surface area contributed by atoms with Crippen LogP contribution in [0.15, 0.2) is 36.9 Å². The van der Waals surface area contributed by atoms with Crippen molar-refractivity contribution in [1.29, 1.82) is 0 Å². The van der Waals surface area contributed by atoms with Crippen molar-refractivity contribution in [2.24, 2.45) is 0 Å². The maximum atomic E-state index is 5.91. The van der Waals surface area contributed by atoms with Gasteiger partial charge in [0.25, 0.3) is 0 Å². The summed E-state index contributed by atoms with van der Waals surface area (Å²) in [5.41, 5.74) is 1.34. The predicted molar refractivity (Wildman–Crippen MR) is 155 cm³/mol. The number of nitrogens with zero attached hydrogens (tertiary/aromatic N) is 2. The van der Waals surface area contributed by atoms with Gasteiger partial charge in [-0.1, -0.05) is 90.0 Å². The van der Waals surface area contributed by atoms with Crippen LogP contribution in [0.25, 0.3) is 0 Å². The van der Waals surface area contributed by atoms with Gasteiger partial charge in [0.2, 0.25) is 0 Å². The van der Waals surface area contributed by atoms with Gasteiger partial charge >= 0.3 is 0 Å². The van der Waals surface area contributed by atoms with Gasteiger partial charge in [-0.05, 0) is 62.9 Å². The van der Waals surface area contributed by atoms with Crippen molar-refractivity contribution in [1.82, 2.24) is 4.90 Å². The second-order valence-electron chi connectivity index (χ2n) is 10.6. The van der Waals surface area contributed by atoms with Crippen molar-refractivity contribution in [2.75, 3.05) is 44.2 Å². The molecule has 3 nitrogen and oxygen atoms in total. The molecule has 0 N–H and O–H groups in total. The highest BCUT2D eigenvalue weighted by atomic mass is 16.5. The van der Waals surface area contributed by atoms with E-state index in [1.54, 1.807) is 0 Å². The first-order valence-electron chi connectivity index (χ1n) is 15.1. The molecule has 0 radical (unpaired) electrons. The van der Waals surface area contributed by atoms with Crippen LogP contribution in [0.2, 0.25) is 0 Å². The summed E-state index contributed by atoms with van der Waals surface area (Å²) >= 11 is 0. The van der Waals surface area contributed by atoms with E-state index < -0.39 is 0 Å². The molecule has 0 atom stereocenters. The van der Waals surface area contributed by atoms with E-state index in [0.717, 1.165) is 38.3 Å². The smallest absolute Gasteiger partial charge is 0.119 e. The van der Waals surface area contributed by atoms with Gasteiger partial charge in [-0.15, -0.1) is 6.58 Å². The van der Waals surface area contributed by atoms with Gasteiger partial charge in [0, 0.05) is 31.9 Å². The third-order valence-electron chi connectivity index (χ3n) is 7.47. The normalized spacial score (nSPS) is 14.4. The predicted octanol–water partition coefficient (Wildman–Crippen LogP) is 9.03. The van der Waals surface area contributed by atoms with Crippen LogP contribution >= 0.6 is 0 Å². The number of ether oxygens (including phenoxy) is 1. The van der Waals surface area contributed by atoms with E-state index in [9.17, 15) is 0 Å². The first kappa shape index (κ1) is 29.7. The van der Waals surface area contributed by atoms with E-state index in [0.29, 0.717) is 0 Å². The molecule has 200 valence electrons. The zero-order chi connectivity index (χ0) is 24.8. The van der Waals surface area contributed by atoms with Crippen LogP contribution in [0.1, 0.15) is 116 Å². The van der Waals surface area contributed by atoms with Gasteiger partial charge in [0.15, 0.2) is 0 Å². The molecule has 2 rings (SSSR count). The molecule has 0 unspecified atom stereocenters. The molecular weight excluding hydrogens is 428 g/mol. The number of allylic oxidation sites excluding steroid dienone is 1. The topological polar surface area (TPSA) is 15.7 Å². The summed E-state index contributed by atoms with van der Waals surface area (Å²) in [5, 5.41) is 0. The quantitative estimate of drug-likeness (QED) is 0.121. The Hall–Kier alpha value is -1.48. The Labute approximate surface area is 218 Å². The molecule has 0 saturated carbocycles. The maximum Gasteiger partial charge on any atom is 0.119 e. The Morgan fingerprint density at radius 1 is 0.686 bits per heavy atom. The third kappa shape index (κ3) is 14.6. The summed E-state index contributed by atoms with van der Waals surface area (Å²) in [6.07, 6.45) is 25.3. The van der Waals surface area contributed by atoms with Crippen LogP contribution in [0.5, 0.6) is 5.75 Å². The van der Waals surface area contributed by atoms with Gasteiger partial charge in [0.05, 0.1) is 6.61 Å². The molecule has 1 heterocycles. The molecule has 0 aliphatic carbocycles. The van der Waals surface area contributed by atoms with Crippen molar-refractivity contribution in [2.45, 2.75) is 116 Å². The second kappa shape index (κ2) is 20.7. The van der Waals surface area contributed by atoms with Crippen molar-refractivity contribution in [3.8, 4) is 5.75 Å². The maximum absolute atomic E-state index is 5.91. The average molecular weight is 485 g/mol. The Bertz CT molecular complexity index is 606. The molecule has 0 aromatic heterocycles. The molecule has 35 heavy (non-hydrogen) atoms. The Morgan fingerprint density at radius 2 is 1.23 bits per heavy atom. The Kier molecular flexibility index (Phi) is 17.6. The average Bonchev–Trinajstić information content (AvgIpc) is 2.89. The minimum atomic E-state index is 0.814. The molecule has 1 aliphatic rings. The lowest BCUT2D eigenvalue weighted by Crippen LogP contribution is -2.46. The van der Waals surface area contributed by atoms with Crippen molar-refractivity contribution in [3.05, 3.63) is 36.9 Å². The summed E-state index contributed by atoms with van der Waals surface area (Å²) in [6, 6.07) is 8.74. The molecule has 0 bridgehead atoms. The number of benzene rings is 1. The van der Waals surface area contributed by atoms with Crippen LogP contribution in [0.3, 0.4) is 0 Å². The minimum absolute atomic E-state index is 0.814. The number of unbranched alkanes of at least 4 members (excludes halogenated alkanes) is 15. The van der Waals surface area contributed by atoms with Crippen molar-refractivity contribution >= 4 is 5.69 Å². The highest BCUT2D eigenvalue weighted by molar-refractivity contribution is 5.49. The van der Waals surface area contributed by atoms with Gasteiger partial charge in [-0.3, -0.25) is 4.90 Å². The number of piperazine rings is 1. The lowest BCUT2D eigenvalue weighted by molar-refractivity contribution is 0.252. The summed E-state index contributed by atoms with van der Waals surface area (Å²) in [5.74, 6) is 0.999. The first-order valence-corrected chi connectivity index (χ1v) is 15.1. The van der Waals surface area contributed by atoms with Crippen LogP contribution in [0.4, 0.5) is 5.69 Å². The largest absolute Gasteiger partial charge is 0.494 e. The molecule has 3 heteroatoms. The van der Waals surface area contributed by atoms with Gasteiger partial charge < -0.3 is 9.64 Å². The molecule has 1 aromatic rings. The first-order chi connectivity index (χ1) is 17.3. The molecule has 0 spiro atoms. The van der Waals surface area contributed by atoms with E-state index in [4.69, 9.17) is 4.74 Å².